The van der Waals surface area contributed by atoms with E-state index in [4.69, 9.17) is 9.47 Å². The Labute approximate surface area is 165 Å². The molecule has 0 bridgehead atoms. The molecule has 0 N–H and O–H groups in total. The third kappa shape index (κ3) is 8.42. The van der Waals surface area contributed by atoms with Gasteiger partial charge in [-0.25, -0.2) is 0 Å². The summed E-state index contributed by atoms with van der Waals surface area (Å²) in [6.07, 6.45) is 2.21. The first kappa shape index (κ1) is 22.9. The monoisotopic (exact) mass is 372 g/mol. The van der Waals surface area contributed by atoms with E-state index in [2.05, 4.69) is 37.7 Å². The molecule has 2 aromatic rings. The third-order valence-electron chi connectivity index (χ3n) is 3.74. The minimum absolute atomic E-state index is 0.209. The van der Waals surface area contributed by atoms with E-state index in [1.807, 2.05) is 58.9 Å². The highest BCUT2D eigenvalue weighted by Gasteiger charge is 2.06. The molecule has 0 radical (unpaired) electrons. The zero-order chi connectivity index (χ0) is 20.6. The van der Waals surface area contributed by atoms with Gasteiger partial charge in [0.2, 0.25) is 0 Å². The van der Waals surface area contributed by atoms with Crippen molar-refractivity contribution in [2.75, 3.05) is 0 Å². The molecule has 4 nitrogen and oxygen atoms in total. The molecular formula is C23H36N2O2. The van der Waals surface area contributed by atoms with Crippen molar-refractivity contribution in [3.63, 3.8) is 0 Å². The molecule has 0 atom stereocenters. The highest BCUT2D eigenvalue weighted by molar-refractivity contribution is 5.29. The summed E-state index contributed by atoms with van der Waals surface area (Å²) in [6, 6.07) is 8.04. The predicted octanol–water partition coefficient (Wildman–Crippen LogP) is 6.29. The Morgan fingerprint density at radius 2 is 1.26 bits per heavy atom. The molecule has 2 aromatic heterocycles. The van der Waals surface area contributed by atoms with Gasteiger partial charge >= 0.3 is 0 Å². The zero-order valence-electron chi connectivity index (χ0n) is 18.4. The SMILES string of the molecule is CC(C)Oc1ccc(C(C)C)nc1.Cc1nc(C(C)C)ccc1OC(C)C. The molecule has 0 aliphatic rings. The summed E-state index contributed by atoms with van der Waals surface area (Å²) < 4.78 is 11.1. The number of ether oxygens (including phenoxy) is 2. The second kappa shape index (κ2) is 10.9. The highest BCUT2D eigenvalue weighted by atomic mass is 16.5. The van der Waals surface area contributed by atoms with Crippen LogP contribution in [0.2, 0.25) is 0 Å². The van der Waals surface area contributed by atoms with Crippen molar-refractivity contribution in [2.24, 2.45) is 0 Å². The lowest BCUT2D eigenvalue weighted by molar-refractivity contribution is 0.239. The van der Waals surface area contributed by atoms with Gasteiger partial charge in [0.15, 0.2) is 0 Å². The summed E-state index contributed by atoms with van der Waals surface area (Å²) in [6.45, 7) is 18.6. The van der Waals surface area contributed by atoms with E-state index in [0.29, 0.717) is 11.8 Å². The maximum atomic E-state index is 5.62. The van der Waals surface area contributed by atoms with E-state index in [-0.39, 0.29) is 12.2 Å². The molecule has 0 saturated heterocycles. The number of pyridine rings is 2. The minimum Gasteiger partial charge on any atom is -0.489 e. The summed E-state index contributed by atoms with van der Waals surface area (Å²) in [5.74, 6) is 2.69. The van der Waals surface area contributed by atoms with Gasteiger partial charge in [0.1, 0.15) is 11.5 Å². The Bertz CT molecular complexity index is 677. The van der Waals surface area contributed by atoms with Gasteiger partial charge in [0.25, 0.3) is 0 Å². The Balaban J connectivity index is 0.000000271. The van der Waals surface area contributed by atoms with Gasteiger partial charge in [-0.3, -0.25) is 9.97 Å². The number of aromatic nitrogens is 2. The number of aryl methyl sites for hydroxylation is 1. The van der Waals surface area contributed by atoms with Crippen molar-refractivity contribution in [1.82, 2.24) is 9.97 Å². The molecule has 0 saturated carbocycles. The van der Waals surface area contributed by atoms with Crippen LogP contribution in [0.15, 0.2) is 30.5 Å². The van der Waals surface area contributed by atoms with Crippen LogP contribution in [0.1, 0.15) is 84.3 Å². The molecule has 0 aliphatic heterocycles. The Morgan fingerprint density at radius 1 is 0.704 bits per heavy atom. The summed E-state index contributed by atoms with van der Waals surface area (Å²) in [5.41, 5.74) is 3.21. The van der Waals surface area contributed by atoms with Crippen LogP contribution in [0.4, 0.5) is 0 Å². The van der Waals surface area contributed by atoms with Crippen LogP contribution in [0.25, 0.3) is 0 Å². The van der Waals surface area contributed by atoms with Crippen LogP contribution >= 0.6 is 0 Å². The maximum absolute atomic E-state index is 5.62. The molecule has 2 rings (SSSR count). The fraction of sp³-hybridized carbons (Fsp3) is 0.565. The van der Waals surface area contributed by atoms with E-state index in [1.54, 1.807) is 6.20 Å². The second-order valence-electron chi connectivity index (χ2n) is 7.88. The van der Waals surface area contributed by atoms with Crippen molar-refractivity contribution in [2.45, 2.75) is 86.4 Å². The second-order valence-corrected chi connectivity index (χ2v) is 7.88. The van der Waals surface area contributed by atoms with Gasteiger partial charge in [0, 0.05) is 11.4 Å². The standard InChI is InChI=1S/C12H19NO.C11H17NO/c1-8(2)11-6-7-12(10(5)13-11)14-9(3)4;1-8(2)11-6-5-10(7-12-11)13-9(3)4/h6-9H,1-5H3;5-9H,1-4H3. The smallest absolute Gasteiger partial charge is 0.140 e. The topological polar surface area (TPSA) is 44.2 Å². The molecular weight excluding hydrogens is 336 g/mol. The average Bonchev–Trinajstić information content (AvgIpc) is 2.56. The van der Waals surface area contributed by atoms with Gasteiger partial charge in [-0.1, -0.05) is 27.7 Å². The minimum atomic E-state index is 0.209. The van der Waals surface area contributed by atoms with E-state index in [0.717, 1.165) is 28.6 Å². The van der Waals surface area contributed by atoms with E-state index < -0.39 is 0 Å². The lowest BCUT2D eigenvalue weighted by Crippen LogP contribution is -2.08. The van der Waals surface area contributed by atoms with Gasteiger partial charge in [-0.15, -0.1) is 0 Å². The van der Waals surface area contributed by atoms with Crippen LogP contribution in [0.3, 0.4) is 0 Å². The van der Waals surface area contributed by atoms with E-state index in [1.165, 1.54) is 0 Å². The number of rotatable bonds is 6. The number of hydrogen-bond acceptors (Lipinski definition) is 4. The first-order valence-electron chi connectivity index (χ1n) is 9.86. The summed E-state index contributed by atoms with van der Waals surface area (Å²) in [4.78, 5) is 8.81. The number of hydrogen-bond donors (Lipinski definition) is 0. The fourth-order valence-electron chi connectivity index (χ4n) is 2.34. The summed E-state index contributed by atoms with van der Waals surface area (Å²) in [5, 5.41) is 0. The molecule has 0 amide bonds. The summed E-state index contributed by atoms with van der Waals surface area (Å²) >= 11 is 0. The van der Waals surface area contributed by atoms with E-state index in [9.17, 15) is 0 Å². The predicted molar refractivity (Wildman–Crippen MR) is 113 cm³/mol. The van der Waals surface area contributed by atoms with Crippen molar-refractivity contribution < 1.29 is 9.47 Å². The van der Waals surface area contributed by atoms with Crippen LogP contribution in [-0.2, 0) is 0 Å². The van der Waals surface area contributed by atoms with Gasteiger partial charge in [-0.05, 0) is 70.7 Å². The highest BCUT2D eigenvalue weighted by Crippen LogP contribution is 2.21. The molecule has 4 heteroatoms. The average molecular weight is 373 g/mol. The fourth-order valence-corrected chi connectivity index (χ4v) is 2.34. The quantitative estimate of drug-likeness (QED) is 0.597. The van der Waals surface area contributed by atoms with Gasteiger partial charge in [-0.2, -0.15) is 0 Å². The third-order valence-corrected chi connectivity index (χ3v) is 3.74. The molecule has 0 aliphatic carbocycles. The van der Waals surface area contributed by atoms with Crippen LogP contribution in [0, 0.1) is 6.92 Å². The lowest BCUT2D eigenvalue weighted by Gasteiger charge is -2.13. The summed E-state index contributed by atoms with van der Waals surface area (Å²) in [7, 11) is 0. The molecule has 0 fully saturated rings. The van der Waals surface area contributed by atoms with Crippen LogP contribution < -0.4 is 9.47 Å². The zero-order valence-corrected chi connectivity index (χ0v) is 18.4. The Kier molecular flexibility index (Phi) is 9.27. The molecule has 0 unspecified atom stereocenters. The van der Waals surface area contributed by atoms with Crippen molar-refractivity contribution >= 4 is 0 Å². The largest absolute Gasteiger partial charge is 0.489 e. The molecule has 0 spiro atoms. The van der Waals surface area contributed by atoms with Crippen molar-refractivity contribution in [3.05, 3.63) is 47.5 Å². The molecule has 0 aromatic carbocycles. The maximum Gasteiger partial charge on any atom is 0.140 e. The molecule has 2 heterocycles. The van der Waals surface area contributed by atoms with Crippen LogP contribution in [0.5, 0.6) is 11.5 Å². The van der Waals surface area contributed by atoms with Crippen molar-refractivity contribution in [3.8, 4) is 11.5 Å². The van der Waals surface area contributed by atoms with Crippen molar-refractivity contribution in [1.29, 1.82) is 0 Å². The Hall–Kier alpha value is -2.10. The first-order chi connectivity index (χ1) is 12.6. The van der Waals surface area contributed by atoms with Gasteiger partial charge in [0.05, 0.1) is 24.1 Å². The Morgan fingerprint density at radius 3 is 1.67 bits per heavy atom. The normalized spacial score (nSPS) is 11.0. The van der Waals surface area contributed by atoms with Gasteiger partial charge < -0.3 is 9.47 Å². The van der Waals surface area contributed by atoms with Crippen LogP contribution in [-0.4, -0.2) is 22.2 Å². The molecule has 150 valence electrons. The molecule has 27 heavy (non-hydrogen) atoms. The first-order valence-corrected chi connectivity index (χ1v) is 9.86. The lowest BCUT2D eigenvalue weighted by atomic mass is 10.1. The number of nitrogens with zero attached hydrogens (tertiary/aromatic N) is 2. The van der Waals surface area contributed by atoms with E-state index >= 15 is 0 Å².